The molecule has 1 N–H and O–H groups in total. The van der Waals surface area contributed by atoms with E-state index in [1.54, 1.807) is 0 Å². The Labute approximate surface area is 134 Å². The van der Waals surface area contributed by atoms with E-state index in [-0.39, 0.29) is 12.5 Å². The van der Waals surface area contributed by atoms with Crippen molar-refractivity contribution in [1.82, 2.24) is 15.5 Å². The summed E-state index contributed by atoms with van der Waals surface area (Å²) in [4.78, 5) is 16.6. The summed E-state index contributed by atoms with van der Waals surface area (Å²) in [7, 11) is 0. The first kappa shape index (κ1) is 14.2. The molecule has 1 atom stereocenters. The molecule has 1 aromatic heterocycles. The van der Waals surface area contributed by atoms with Crippen molar-refractivity contribution in [2.75, 3.05) is 0 Å². The number of rotatable bonds is 4. The van der Waals surface area contributed by atoms with Gasteiger partial charge in [-0.15, -0.1) is 0 Å². The zero-order chi connectivity index (χ0) is 16.0. The molecule has 1 aliphatic heterocycles. The summed E-state index contributed by atoms with van der Waals surface area (Å²) < 4.78 is 10.9. The molecule has 0 spiro atoms. The van der Waals surface area contributed by atoms with Crippen molar-refractivity contribution in [2.45, 2.75) is 51.7 Å². The van der Waals surface area contributed by atoms with E-state index in [9.17, 15) is 4.79 Å². The number of aromatic nitrogens is 2. The molecule has 0 unspecified atom stereocenters. The van der Waals surface area contributed by atoms with Crippen LogP contribution in [0, 0.1) is 13.8 Å². The molecule has 4 rings (SSSR count). The molecule has 1 saturated carbocycles. The number of ether oxygens (including phenoxy) is 1. The van der Waals surface area contributed by atoms with Crippen molar-refractivity contribution in [3.8, 4) is 5.75 Å². The molecule has 1 amide bonds. The van der Waals surface area contributed by atoms with Crippen LogP contribution in [0.15, 0.2) is 16.7 Å². The van der Waals surface area contributed by atoms with E-state index in [4.69, 9.17) is 9.26 Å². The average molecular weight is 313 g/mol. The highest BCUT2D eigenvalue weighted by Crippen LogP contribution is 2.38. The Balaban J connectivity index is 1.36. The number of amides is 1. The van der Waals surface area contributed by atoms with Gasteiger partial charge in [0.25, 0.3) is 5.91 Å². The van der Waals surface area contributed by atoms with E-state index in [1.807, 2.05) is 13.0 Å². The SMILES string of the molecule is Cc1cc2c(cc1C)O[C@H](C(=O)NCc1nc(C3CC3)no1)C2. The fourth-order valence-corrected chi connectivity index (χ4v) is 2.78. The van der Waals surface area contributed by atoms with Gasteiger partial charge in [-0.2, -0.15) is 4.98 Å². The molecule has 6 heteroatoms. The van der Waals surface area contributed by atoms with Gasteiger partial charge in [0.05, 0.1) is 6.54 Å². The number of hydrogen-bond donors (Lipinski definition) is 1. The van der Waals surface area contributed by atoms with Crippen LogP contribution < -0.4 is 10.1 Å². The number of carbonyl (C=O) groups excluding carboxylic acids is 1. The van der Waals surface area contributed by atoms with E-state index >= 15 is 0 Å². The van der Waals surface area contributed by atoms with Crippen molar-refractivity contribution in [3.05, 3.63) is 40.5 Å². The molecule has 0 bridgehead atoms. The molecular weight excluding hydrogens is 294 g/mol. The Morgan fingerprint density at radius 2 is 2.09 bits per heavy atom. The van der Waals surface area contributed by atoms with Crippen LogP contribution in [-0.2, 0) is 17.8 Å². The Kier molecular flexibility index (Phi) is 3.32. The van der Waals surface area contributed by atoms with Gasteiger partial charge in [0.15, 0.2) is 11.9 Å². The Bertz CT molecular complexity index is 733. The number of hydrogen-bond acceptors (Lipinski definition) is 5. The molecule has 1 aromatic carbocycles. The van der Waals surface area contributed by atoms with Crippen LogP contribution in [0.5, 0.6) is 5.75 Å². The van der Waals surface area contributed by atoms with Gasteiger partial charge in [-0.25, -0.2) is 0 Å². The van der Waals surface area contributed by atoms with Crippen molar-refractivity contribution in [3.63, 3.8) is 0 Å². The average Bonchev–Trinajstić information content (AvgIpc) is 3.13. The second kappa shape index (κ2) is 5.37. The molecule has 6 nitrogen and oxygen atoms in total. The standard InChI is InChI=1S/C17H19N3O3/c1-9-5-12-7-14(22-13(12)6-10(9)2)17(21)18-8-15-19-16(20-23-15)11-3-4-11/h5-6,11,14H,3-4,7-8H2,1-2H3,(H,18,21)/t14-/m0/s1. The highest BCUT2D eigenvalue weighted by molar-refractivity contribution is 5.82. The molecule has 1 fully saturated rings. The van der Waals surface area contributed by atoms with Crippen LogP contribution in [0.2, 0.25) is 0 Å². The molecule has 23 heavy (non-hydrogen) atoms. The van der Waals surface area contributed by atoms with E-state index in [0.717, 1.165) is 30.0 Å². The Morgan fingerprint density at radius 3 is 2.87 bits per heavy atom. The normalized spacial score (nSPS) is 19.3. The first-order valence-electron chi connectivity index (χ1n) is 7.97. The molecule has 120 valence electrons. The van der Waals surface area contributed by atoms with Crippen LogP contribution in [0.3, 0.4) is 0 Å². The summed E-state index contributed by atoms with van der Waals surface area (Å²) >= 11 is 0. The monoisotopic (exact) mass is 313 g/mol. The van der Waals surface area contributed by atoms with Gasteiger partial charge < -0.3 is 14.6 Å². The van der Waals surface area contributed by atoms with E-state index in [0.29, 0.717) is 18.2 Å². The number of nitrogens with one attached hydrogen (secondary N) is 1. The zero-order valence-electron chi connectivity index (χ0n) is 13.3. The third-order valence-electron chi connectivity index (χ3n) is 4.48. The minimum atomic E-state index is -0.489. The van der Waals surface area contributed by atoms with Gasteiger partial charge in [-0.3, -0.25) is 4.79 Å². The summed E-state index contributed by atoms with van der Waals surface area (Å²) in [6.07, 6.45) is 2.35. The fraction of sp³-hybridized carbons (Fsp3) is 0.471. The zero-order valence-corrected chi connectivity index (χ0v) is 13.3. The largest absolute Gasteiger partial charge is 0.480 e. The summed E-state index contributed by atoms with van der Waals surface area (Å²) in [6, 6.07) is 4.09. The topological polar surface area (TPSA) is 77.2 Å². The third kappa shape index (κ3) is 2.81. The molecular formula is C17H19N3O3. The minimum absolute atomic E-state index is 0.150. The van der Waals surface area contributed by atoms with Gasteiger partial charge >= 0.3 is 0 Å². The maximum absolute atomic E-state index is 12.3. The van der Waals surface area contributed by atoms with Crippen molar-refractivity contribution in [2.24, 2.45) is 0 Å². The highest BCUT2D eigenvalue weighted by atomic mass is 16.5. The smallest absolute Gasteiger partial charge is 0.261 e. The van der Waals surface area contributed by atoms with Crippen LogP contribution in [0.1, 0.15) is 47.2 Å². The van der Waals surface area contributed by atoms with Gasteiger partial charge in [-0.1, -0.05) is 11.2 Å². The van der Waals surface area contributed by atoms with E-state index < -0.39 is 6.10 Å². The van der Waals surface area contributed by atoms with Crippen LogP contribution in [0.4, 0.5) is 0 Å². The van der Waals surface area contributed by atoms with Crippen LogP contribution in [0.25, 0.3) is 0 Å². The molecule has 2 aromatic rings. The lowest BCUT2D eigenvalue weighted by Gasteiger charge is -2.10. The lowest BCUT2D eigenvalue weighted by molar-refractivity contribution is -0.127. The molecule has 0 saturated heterocycles. The number of nitrogens with zero attached hydrogens (tertiary/aromatic N) is 2. The Hall–Kier alpha value is -2.37. The van der Waals surface area contributed by atoms with Crippen molar-refractivity contribution in [1.29, 1.82) is 0 Å². The quantitative estimate of drug-likeness (QED) is 0.936. The second-order valence-corrected chi connectivity index (χ2v) is 6.39. The molecule has 2 aliphatic rings. The summed E-state index contributed by atoms with van der Waals surface area (Å²) in [5.41, 5.74) is 3.47. The van der Waals surface area contributed by atoms with Gasteiger partial charge in [-0.05, 0) is 49.4 Å². The number of carbonyl (C=O) groups is 1. The van der Waals surface area contributed by atoms with Crippen molar-refractivity contribution >= 4 is 5.91 Å². The second-order valence-electron chi connectivity index (χ2n) is 6.39. The van der Waals surface area contributed by atoms with E-state index in [1.165, 1.54) is 11.1 Å². The first-order valence-corrected chi connectivity index (χ1v) is 7.97. The van der Waals surface area contributed by atoms with E-state index in [2.05, 4.69) is 28.4 Å². The first-order chi connectivity index (χ1) is 11.1. The maximum atomic E-state index is 12.3. The summed E-state index contributed by atoms with van der Waals surface area (Å²) in [6.45, 7) is 4.35. The summed E-state index contributed by atoms with van der Waals surface area (Å²) in [5.74, 6) is 2.30. The third-order valence-corrected chi connectivity index (χ3v) is 4.48. The lowest BCUT2D eigenvalue weighted by atomic mass is 10.0. The van der Waals surface area contributed by atoms with Gasteiger partial charge in [0.2, 0.25) is 5.89 Å². The molecule has 1 aliphatic carbocycles. The number of fused-ring (bicyclic) bond motifs is 1. The lowest BCUT2D eigenvalue weighted by Crippen LogP contribution is -2.37. The molecule has 0 radical (unpaired) electrons. The van der Waals surface area contributed by atoms with Crippen LogP contribution >= 0.6 is 0 Å². The maximum Gasteiger partial charge on any atom is 0.261 e. The predicted octanol–water partition coefficient (Wildman–Crippen LogP) is 2.18. The van der Waals surface area contributed by atoms with Crippen molar-refractivity contribution < 1.29 is 14.1 Å². The highest BCUT2D eigenvalue weighted by Gasteiger charge is 2.31. The predicted molar refractivity (Wildman–Crippen MR) is 82.2 cm³/mol. The fourth-order valence-electron chi connectivity index (χ4n) is 2.78. The van der Waals surface area contributed by atoms with Gasteiger partial charge in [0, 0.05) is 12.3 Å². The molecule has 2 heterocycles. The minimum Gasteiger partial charge on any atom is -0.480 e. The summed E-state index contributed by atoms with van der Waals surface area (Å²) in [5, 5.41) is 6.75. The Morgan fingerprint density at radius 1 is 1.30 bits per heavy atom. The number of aryl methyl sites for hydroxylation is 2. The number of benzene rings is 1. The van der Waals surface area contributed by atoms with Crippen LogP contribution in [-0.4, -0.2) is 22.2 Å². The van der Waals surface area contributed by atoms with Gasteiger partial charge in [0.1, 0.15) is 5.75 Å².